The van der Waals surface area contributed by atoms with Crippen molar-refractivity contribution in [2.75, 3.05) is 5.73 Å². The Labute approximate surface area is 124 Å². The maximum Gasteiger partial charge on any atom is 0.201 e. The molecule has 0 saturated heterocycles. The molecule has 98 valence electrons. The van der Waals surface area contributed by atoms with Gasteiger partial charge in [-0.3, -0.25) is 0 Å². The van der Waals surface area contributed by atoms with E-state index in [0.29, 0.717) is 5.95 Å². The number of aromatic nitrogens is 4. The van der Waals surface area contributed by atoms with Gasteiger partial charge in [-0.25, -0.2) is 9.97 Å². The summed E-state index contributed by atoms with van der Waals surface area (Å²) in [5, 5.41) is 0. The number of halogens is 1. The number of hydrogen-bond acceptors (Lipinski definition) is 3. The van der Waals surface area contributed by atoms with Crippen LogP contribution in [0.1, 0.15) is 6.42 Å². The van der Waals surface area contributed by atoms with Crippen molar-refractivity contribution < 1.29 is 0 Å². The van der Waals surface area contributed by atoms with Gasteiger partial charge in [0, 0.05) is 29.1 Å². The smallest absolute Gasteiger partial charge is 0.201 e. The molecule has 0 radical (unpaired) electrons. The molecule has 0 aliphatic carbocycles. The van der Waals surface area contributed by atoms with Crippen LogP contribution in [-0.2, 0) is 13.1 Å². The lowest BCUT2D eigenvalue weighted by molar-refractivity contribution is 0.575. The minimum absolute atomic E-state index is 0.586. The van der Waals surface area contributed by atoms with Crippen LogP contribution in [0.2, 0.25) is 0 Å². The van der Waals surface area contributed by atoms with Gasteiger partial charge in [0.1, 0.15) is 0 Å². The summed E-state index contributed by atoms with van der Waals surface area (Å²) in [6.07, 6.45) is 6.59. The molecule has 0 atom stereocenters. The fraction of sp³-hybridized carbons (Fsp3) is 0.231. The second-order valence-corrected chi connectivity index (χ2v) is 5.65. The van der Waals surface area contributed by atoms with Crippen molar-refractivity contribution in [1.29, 1.82) is 0 Å². The molecule has 6 heteroatoms. The first-order valence-corrected chi connectivity index (χ1v) is 7.19. The zero-order valence-corrected chi connectivity index (χ0v) is 12.5. The van der Waals surface area contributed by atoms with Gasteiger partial charge in [-0.05, 0) is 47.2 Å². The van der Waals surface area contributed by atoms with E-state index in [9.17, 15) is 0 Å². The molecule has 2 aromatic heterocycles. The summed E-state index contributed by atoms with van der Waals surface area (Å²) in [5.41, 5.74) is 8.06. The van der Waals surface area contributed by atoms with Crippen molar-refractivity contribution in [1.82, 2.24) is 19.1 Å². The Hall–Kier alpha value is -1.57. The van der Waals surface area contributed by atoms with Gasteiger partial charge in [-0.2, -0.15) is 0 Å². The highest BCUT2D eigenvalue weighted by Gasteiger charge is 2.07. The largest absolute Gasteiger partial charge is 0.369 e. The molecule has 0 amide bonds. The summed E-state index contributed by atoms with van der Waals surface area (Å²) in [7, 11) is 0. The Morgan fingerprint density at radius 3 is 2.95 bits per heavy atom. The lowest BCUT2D eigenvalue weighted by atomic mass is 10.3. The van der Waals surface area contributed by atoms with Crippen LogP contribution in [-0.4, -0.2) is 19.1 Å². The molecule has 0 bridgehead atoms. The summed E-state index contributed by atoms with van der Waals surface area (Å²) in [6, 6.07) is 6.21. The summed E-state index contributed by atoms with van der Waals surface area (Å²) < 4.78 is 5.31. The quantitative estimate of drug-likeness (QED) is 0.721. The number of rotatable bonds is 4. The number of fused-ring (bicyclic) bond motifs is 1. The molecule has 3 aromatic rings. The van der Waals surface area contributed by atoms with Crippen molar-refractivity contribution >= 4 is 39.6 Å². The van der Waals surface area contributed by atoms with E-state index < -0.39 is 0 Å². The van der Waals surface area contributed by atoms with Crippen LogP contribution < -0.4 is 5.73 Å². The molecule has 1 aromatic carbocycles. The normalized spacial score (nSPS) is 11.2. The molecule has 0 fully saturated rings. The van der Waals surface area contributed by atoms with Gasteiger partial charge >= 0.3 is 0 Å². The predicted molar refractivity (Wildman–Crippen MR) is 83.7 cm³/mol. The predicted octanol–water partition coefficient (Wildman–Crippen LogP) is 2.51. The minimum Gasteiger partial charge on any atom is -0.369 e. The average molecular weight is 367 g/mol. The van der Waals surface area contributed by atoms with E-state index in [0.717, 1.165) is 30.5 Å². The van der Waals surface area contributed by atoms with E-state index in [1.165, 1.54) is 3.57 Å². The summed E-state index contributed by atoms with van der Waals surface area (Å²) in [6.45, 7) is 1.80. The standard InChI is InChI=1S/C13H14IN5/c14-10-2-3-12-11(8-10)17-13(15)19(12)6-1-5-18-7-4-16-9-18/h2-4,7-9H,1,5-6H2,(H2,15,17). The molecule has 0 unspecified atom stereocenters. The van der Waals surface area contributed by atoms with E-state index in [1.807, 2.05) is 12.5 Å². The maximum atomic E-state index is 5.99. The fourth-order valence-electron chi connectivity index (χ4n) is 2.19. The number of benzene rings is 1. The van der Waals surface area contributed by atoms with E-state index in [2.05, 4.69) is 59.9 Å². The Balaban J connectivity index is 1.78. The highest BCUT2D eigenvalue weighted by atomic mass is 127. The highest BCUT2D eigenvalue weighted by molar-refractivity contribution is 14.1. The Morgan fingerprint density at radius 1 is 1.26 bits per heavy atom. The van der Waals surface area contributed by atoms with Gasteiger partial charge in [-0.1, -0.05) is 0 Å². The molecular formula is C13H14IN5. The number of nitrogen functional groups attached to an aromatic ring is 1. The SMILES string of the molecule is Nc1nc2cc(I)ccc2n1CCCn1ccnc1. The molecule has 5 nitrogen and oxygen atoms in total. The average Bonchev–Trinajstić information content (AvgIpc) is 2.98. The first-order valence-electron chi connectivity index (χ1n) is 6.11. The molecule has 2 N–H and O–H groups in total. The van der Waals surface area contributed by atoms with E-state index >= 15 is 0 Å². The zero-order valence-electron chi connectivity index (χ0n) is 10.3. The van der Waals surface area contributed by atoms with Crippen LogP contribution >= 0.6 is 22.6 Å². The van der Waals surface area contributed by atoms with E-state index in [4.69, 9.17) is 5.73 Å². The monoisotopic (exact) mass is 367 g/mol. The van der Waals surface area contributed by atoms with Gasteiger partial charge in [-0.15, -0.1) is 0 Å². The lowest BCUT2D eigenvalue weighted by Gasteiger charge is -2.07. The molecule has 0 saturated carbocycles. The van der Waals surface area contributed by atoms with Crippen LogP contribution in [0.25, 0.3) is 11.0 Å². The third-order valence-electron chi connectivity index (χ3n) is 3.10. The Morgan fingerprint density at radius 2 is 2.16 bits per heavy atom. The number of nitrogens with zero attached hydrogens (tertiary/aromatic N) is 4. The van der Waals surface area contributed by atoms with Crippen LogP contribution in [0, 0.1) is 3.57 Å². The zero-order chi connectivity index (χ0) is 13.2. The second-order valence-electron chi connectivity index (χ2n) is 4.41. The van der Waals surface area contributed by atoms with Crippen molar-refractivity contribution in [2.45, 2.75) is 19.5 Å². The number of anilines is 1. The van der Waals surface area contributed by atoms with Crippen molar-refractivity contribution in [3.05, 3.63) is 40.5 Å². The summed E-state index contributed by atoms with van der Waals surface area (Å²) >= 11 is 2.28. The molecule has 19 heavy (non-hydrogen) atoms. The molecule has 0 aliphatic heterocycles. The number of aryl methyl sites for hydroxylation is 2. The van der Waals surface area contributed by atoms with Crippen molar-refractivity contribution in [3.8, 4) is 0 Å². The first kappa shape index (κ1) is 12.5. The molecule has 0 aliphatic rings. The van der Waals surface area contributed by atoms with Crippen LogP contribution in [0.15, 0.2) is 36.9 Å². The minimum atomic E-state index is 0.586. The maximum absolute atomic E-state index is 5.99. The number of nitrogens with two attached hydrogens (primary N) is 1. The summed E-state index contributed by atoms with van der Waals surface area (Å²) in [4.78, 5) is 8.44. The van der Waals surface area contributed by atoms with Crippen LogP contribution in [0.4, 0.5) is 5.95 Å². The Bertz CT molecular complexity index is 686. The molecule has 3 rings (SSSR count). The van der Waals surface area contributed by atoms with Gasteiger partial charge in [0.2, 0.25) is 5.95 Å². The highest BCUT2D eigenvalue weighted by Crippen LogP contribution is 2.20. The molecule has 0 spiro atoms. The third kappa shape index (κ3) is 2.58. The Kier molecular flexibility index (Phi) is 3.41. The topological polar surface area (TPSA) is 61.7 Å². The third-order valence-corrected chi connectivity index (χ3v) is 3.77. The van der Waals surface area contributed by atoms with Gasteiger partial charge < -0.3 is 14.9 Å². The van der Waals surface area contributed by atoms with Gasteiger partial charge in [0.15, 0.2) is 0 Å². The van der Waals surface area contributed by atoms with Crippen molar-refractivity contribution in [3.63, 3.8) is 0 Å². The number of hydrogen-bond donors (Lipinski definition) is 1. The van der Waals surface area contributed by atoms with Crippen LogP contribution in [0.5, 0.6) is 0 Å². The lowest BCUT2D eigenvalue weighted by Crippen LogP contribution is -2.06. The van der Waals surface area contributed by atoms with Gasteiger partial charge in [0.05, 0.1) is 17.4 Å². The molecular weight excluding hydrogens is 353 g/mol. The number of imidazole rings is 2. The van der Waals surface area contributed by atoms with E-state index in [-0.39, 0.29) is 0 Å². The van der Waals surface area contributed by atoms with Gasteiger partial charge in [0.25, 0.3) is 0 Å². The molecule has 2 heterocycles. The fourth-order valence-corrected chi connectivity index (χ4v) is 2.66. The van der Waals surface area contributed by atoms with Crippen LogP contribution in [0.3, 0.4) is 0 Å². The second kappa shape index (κ2) is 5.20. The first-order chi connectivity index (χ1) is 9.24. The van der Waals surface area contributed by atoms with E-state index in [1.54, 1.807) is 6.20 Å². The van der Waals surface area contributed by atoms with Crippen molar-refractivity contribution in [2.24, 2.45) is 0 Å². The summed E-state index contributed by atoms with van der Waals surface area (Å²) in [5.74, 6) is 0.586.